The summed E-state index contributed by atoms with van der Waals surface area (Å²) >= 11 is 3.21. The Balaban J connectivity index is 2.80. The van der Waals surface area contributed by atoms with Crippen LogP contribution in [0.3, 0.4) is 0 Å². The van der Waals surface area contributed by atoms with Gasteiger partial charge in [0.15, 0.2) is 0 Å². The molecule has 0 bridgehead atoms. The molecule has 1 unspecified atom stereocenters. The van der Waals surface area contributed by atoms with Crippen molar-refractivity contribution in [1.29, 1.82) is 0 Å². The summed E-state index contributed by atoms with van der Waals surface area (Å²) in [6.45, 7) is 1.77. The second kappa shape index (κ2) is 6.86. The Morgan fingerprint density at radius 1 is 1.50 bits per heavy atom. The molecule has 114 valence electrons. The lowest BCUT2D eigenvalue weighted by Crippen LogP contribution is -2.41. The van der Waals surface area contributed by atoms with Crippen molar-refractivity contribution >= 4 is 31.6 Å². The van der Waals surface area contributed by atoms with Crippen molar-refractivity contribution in [1.82, 2.24) is 4.72 Å². The number of nitrogens with two attached hydrogens (primary N) is 1. The maximum atomic E-state index is 12.1. The first-order valence-electron chi connectivity index (χ1n) is 5.94. The molecule has 0 saturated heterocycles. The van der Waals surface area contributed by atoms with E-state index in [0.29, 0.717) is 17.5 Å². The van der Waals surface area contributed by atoms with Gasteiger partial charge in [-0.15, -0.1) is 0 Å². The van der Waals surface area contributed by atoms with E-state index in [1.165, 1.54) is 19.2 Å². The quantitative estimate of drug-likeness (QED) is 0.627. The molecule has 0 aliphatic rings. The molecule has 8 heteroatoms. The number of methoxy groups -OCH3 is 1. The van der Waals surface area contributed by atoms with Crippen LogP contribution in [0.25, 0.3) is 0 Å². The molecule has 0 amide bonds. The minimum atomic E-state index is -3.76. The van der Waals surface area contributed by atoms with Crippen LogP contribution in [0, 0.1) is 0 Å². The number of rotatable bonds is 7. The Labute approximate surface area is 127 Å². The van der Waals surface area contributed by atoms with Crippen LogP contribution in [-0.2, 0) is 14.8 Å². The Morgan fingerprint density at radius 3 is 2.70 bits per heavy atom. The first-order chi connectivity index (χ1) is 9.18. The van der Waals surface area contributed by atoms with Crippen molar-refractivity contribution in [2.45, 2.75) is 23.8 Å². The predicted molar refractivity (Wildman–Crippen MR) is 80.9 cm³/mol. The van der Waals surface area contributed by atoms with Gasteiger partial charge in [0.25, 0.3) is 0 Å². The normalized spacial score (nSPS) is 15.0. The van der Waals surface area contributed by atoms with Crippen LogP contribution in [0.15, 0.2) is 27.6 Å². The maximum Gasteiger partial charge on any atom is 0.242 e. The monoisotopic (exact) mass is 366 g/mol. The van der Waals surface area contributed by atoms with Gasteiger partial charge < -0.3 is 15.6 Å². The van der Waals surface area contributed by atoms with Crippen LogP contribution in [0.5, 0.6) is 0 Å². The highest BCUT2D eigenvalue weighted by Crippen LogP contribution is 2.23. The van der Waals surface area contributed by atoms with E-state index >= 15 is 0 Å². The third kappa shape index (κ3) is 5.02. The molecule has 0 radical (unpaired) electrons. The van der Waals surface area contributed by atoms with Crippen LogP contribution in [0.4, 0.5) is 5.69 Å². The van der Waals surface area contributed by atoms with Crippen molar-refractivity contribution in [2.75, 3.05) is 26.0 Å². The molecule has 1 aromatic carbocycles. The first-order valence-corrected chi connectivity index (χ1v) is 8.21. The molecule has 6 nitrogen and oxygen atoms in total. The number of anilines is 1. The zero-order chi connectivity index (χ0) is 15.4. The van der Waals surface area contributed by atoms with Gasteiger partial charge in [-0.1, -0.05) is 15.9 Å². The number of nitrogen functional groups attached to an aromatic ring is 1. The molecule has 0 heterocycles. The number of ether oxygens (including phenoxy) is 1. The highest BCUT2D eigenvalue weighted by atomic mass is 79.9. The largest absolute Gasteiger partial charge is 0.398 e. The summed E-state index contributed by atoms with van der Waals surface area (Å²) in [6, 6.07) is 4.51. The van der Waals surface area contributed by atoms with Crippen LogP contribution in [0.1, 0.15) is 13.3 Å². The van der Waals surface area contributed by atoms with E-state index in [2.05, 4.69) is 20.7 Å². The van der Waals surface area contributed by atoms with Gasteiger partial charge in [0.05, 0.1) is 11.3 Å². The lowest BCUT2D eigenvalue weighted by Gasteiger charge is -2.23. The Morgan fingerprint density at radius 2 is 2.15 bits per heavy atom. The van der Waals surface area contributed by atoms with E-state index in [1.807, 2.05) is 0 Å². The first kappa shape index (κ1) is 17.4. The molecular weight excluding hydrogens is 348 g/mol. The molecule has 1 aromatic rings. The van der Waals surface area contributed by atoms with Crippen molar-refractivity contribution in [3.63, 3.8) is 0 Å². The summed E-state index contributed by atoms with van der Waals surface area (Å²) in [6.07, 6.45) is 0.321. The van der Waals surface area contributed by atoms with Gasteiger partial charge in [-0.25, -0.2) is 13.1 Å². The van der Waals surface area contributed by atoms with Crippen LogP contribution in [-0.4, -0.2) is 39.4 Å². The number of hydrogen-bond donors (Lipinski definition) is 3. The molecule has 0 fully saturated rings. The van der Waals surface area contributed by atoms with E-state index in [-0.39, 0.29) is 17.1 Å². The fourth-order valence-electron chi connectivity index (χ4n) is 1.50. The van der Waals surface area contributed by atoms with Gasteiger partial charge in [0.1, 0.15) is 4.90 Å². The van der Waals surface area contributed by atoms with Gasteiger partial charge in [0.2, 0.25) is 10.0 Å². The predicted octanol–water partition coefficient (Wildman–Crippen LogP) is 1.10. The molecule has 4 N–H and O–H groups in total. The average molecular weight is 367 g/mol. The second-order valence-electron chi connectivity index (χ2n) is 4.75. The molecule has 1 rings (SSSR count). The van der Waals surface area contributed by atoms with Crippen LogP contribution in [0.2, 0.25) is 0 Å². The molecule has 20 heavy (non-hydrogen) atoms. The zero-order valence-electron chi connectivity index (χ0n) is 11.4. The molecule has 0 saturated carbocycles. The lowest BCUT2D eigenvalue weighted by molar-refractivity contribution is 0.0292. The van der Waals surface area contributed by atoms with Crippen molar-refractivity contribution in [3.8, 4) is 0 Å². The third-order valence-electron chi connectivity index (χ3n) is 2.75. The summed E-state index contributed by atoms with van der Waals surface area (Å²) in [5, 5.41) is 10.0. The second-order valence-corrected chi connectivity index (χ2v) is 7.40. The number of aliphatic hydroxyl groups is 1. The fourth-order valence-corrected chi connectivity index (χ4v) is 3.15. The molecule has 0 aliphatic heterocycles. The Bertz CT molecular complexity index is 561. The third-order valence-corrected chi connectivity index (χ3v) is 4.72. The van der Waals surface area contributed by atoms with Gasteiger partial charge in [0, 0.05) is 31.2 Å². The smallest absolute Gasteiger partial charge is 0.242 e. The van der Waals surface area contributed by atoms with E-state index in [4.69, 9.17) is 10.5 Å². The summed E-state index contributed by atoms with van der Waals surface area (Å²) in [4.78, 5) is -0.0109. The Kier molecular flexibility index (Phi) is 5.96. The standard InChI is InChI=1S/C12H19BrN2O4S/c1-12(16,5-6-19-2)8-15-20(17,18)11-4-3-9(13)7-10(11)14/h3-4,7,15-16H,5-6,8,14H2,1-2H3. The van der Waals surface area contributed by atoms with E-state index in [0.717, 1.165) is 0 Å². The molecule has 0 spiro atoms. The van der Waals surface area contributed by atoms with E-state index in [9.17, 15) is 13.5 Å². The van der Waals surface area contributed by atoms with Crippen LogP contribution >= 0.6 is 15.9 Å². The number of sulfonamides is 1. The van der Waals surface area contributed by atoms with Crippen LogP contribution < -0.4 is 10.5 Å². The van der Waals surface area contributed by atoms with Gasteiger partial charge >= 0.3 is 0 Å². The molecule has 0 aromatic heterocycles. The number of halogens is 1. The summed E-state index contributed by atoms with van der Waals surface area (Å²) in [5.41, 5.74) is 4.65. The lowest BCUT2D eigenvalue weighted by atomic mass is 10.0. The van der Waals surface area contributed by atoms with E-state index in [1.54, 1.807) is 13.0 Å². The topological polar surface area (TPSA) is 102 Å². The molecular formula is C12H19BrN2O4S. The number of benzene rings is 1. The molecule has 0 aliphatic carbocycles. The SMILES string of the molecule is COCCC(C)(O)CNS(=O)(=O)c1ccc(Br)cc1N. The van der Waals surface area contributed by atoms with Gasteiger partial charge in [-0.3, -0.25) is 0 Å². The van der Waals surface area contributed by atoms with Crippen molar-refractivity contribution in [2.24, 2.45) is 0 Å². The van der Waals surface area contributed by atoms with Gasteiger partial charge in [-0.2, -0.15) is 0 Å². The average Bonchev–Trinajstić information content (AvgIpc) is 2.34. The molecule has 1 atom stereocenters. The minimum Gasteiger partial charge on any atom is -0.398 e. The number of hydrogen-bond acceptors (Lipinski definition) is 5. The van der Waals surface area contributed by atoms with Crippen molar-refractivity contribution < 1.29 is 18.3 Å². The fraction of sp³-hybridized carbons (Fsp3) is 0.500. The minimum absolute atomic E-state index is 0.0109. The van der Waals surface area contributed by atoms with Gasteiger partial charge in [-0.05, 0) is 25.1 Å². The van der Waals surface area contributed by atoms with E-state index < -0.39 is 15.6 Å². The number of nitrogens with one attached hydrogen (secondary N) is 1. The highest BCUT2D eigenvalue weighted by Gasteiger charge is 2.25. The zero-order valence-corrected chi connectivity index (χ0v) is 13.8. The summed E-state index contributed by atoms with van der Waals surface area (Å²) in [7, 11) is -2.25. The maximum absolute atomic E-state index is 12.1. The van der Waals surface area contributed by atoms with Crippen molar-refractivity contribution in [3.05, 3.63) is 22.7 Å². The highest BCUT2D eigenvalue weighted by molar-refractivity contribution is 9.10. The Hall–Kier alpha value is -0.670. The summed E-state index contributed by atoms with van der Waals surface area (Å²) in [5.74, 6) is 0. The summed E-state index contributed by atoms with van der Waals surface area (Å²) < 4.78 is 32.2.